The fourth-order valence-corrected chi connectivity index (χ4v) is 2.00. The van der Waals surface area contributed by atoms with E-state index >= 15 is 0 Å². The van der Waals surface area contributed by atoms with Crippen molar-refractivity contribution in [3.8, 4) is 0 Å². The molecule has 0 bridgehead atoms. The topological polar surface area (TPSA) is 38.0 Å². The van der Waals surface area contributed by atoms with E-state index in [0.717, 1.165) is 19.3 Å². The van der Waals surface area contributed by atoms with Crippen molar-refractivity contribution in [1.82, 2.24) is 5.43 Å². The van der Waals surface area contributed by atoms with E-state index in [1.807, 2.05) is 0 Å². The van der Waals surface area contributed by atoms with Crippen LogP contribution in [-0.4, -0.2) is 11.4 Å². The van der Waals surface area contributed by atoms with E-state index in [2.05, 4.69) is 12.3 Å². The van der Waals surface area contributed by atoms with Gasteiger partial charge in [-0.25, -0.2) is 5.43 Å². The standard InChI is InChI=1S/C12H25ClF2N2/c1-2-3-4-5-6-7-8-9-10-11(17-16)12(13,14)15/h11,17H,2-10,16H2,1H3. The number of halogens is 3. The van der Waals surface area contributed by atoms with Crippen molar-refractivity contribution in [2.24, 2.45) is 5.84 Å². The van der Waals surface area contributed by atoms with Gasteiger partial charge in [0.05, 0.1) is 6.04 Å². The van der Waals surface area contributed by atoms with E-state index < -0.39 is 11.4 Å². The Morgan fingerprint density at radius 3 is 1.94 bits per heavy atom. The molecule has 0 fully saturated rings. The second-order valence-electron chi connectivity index (χ2n) is 4.52. The van der Waals surface area contributed by atoms with Crippen molar-refractivity contribution < 1.29 is 8.78 Å². The molecular weight excluding hydrogens is 246 g/mol. The summed E-state index contributed by atoms with van der Waals surface area (Å²) in [6.45, 7) is 2.19. The number of nitrogens with two attached hydrogens (primary N) is 1. The van der Waals surface area contributed by atoms with Crippen LogP contribution < -0.4 is 11.3 Å². The summed E-state index contributed by atoms with van der Waals surface area (Å²) in [4.78, 5) is 0. The molecule has 0 heterocycles. The maximum absolute atomic E-state index is 12.7. The van der Waals surface area contributed by atoms with Gasteiger partial charge in [-0.05, 0) is 18.0 Å². The molecule has 17 heavy (non-hydrogen) atoms. The summed E-state index contributed by atoms with van der Waals surface area (Å²) in [6.07, 6.45) is 9.39. The van der Waals surface area contributed by atoms with Gasteiger partial charge < -0.3 is 0 Å². The molecule has 0 amide bonds. The average molecular weight is 271 g/mol. The minimum atomic E-state index is -3.25. The van der Waals surface area contributed by atoms with Gasteiger partial charge in [-0.1, -0.05) is 58.3 Å². The Kier molecular flexibility index (Phi) is 10.1. The lowest BCUT2D eigenvalue weighted by atomic mass is 10.0. The van der Waals surface area contributed by atoms with Gasteiger partial charge in [0, 0.05) is 0 Å². The first kappa shape index (κ1) is 17.1. The predicted octanol–water partition coefficient (Wildman–Crippen LogP) is 4.18. The summed E-state index contributed by atoms with van der Waals surface area (Å²) in [5, 5.41) is -3.25. The van der Waals surface area contributed by atoms with E-state index in [1.54, 1.807) is 0 Å². The molecule has 1 atom stereocenters. The Balaban J connectivity index is 3.38. The third-order valence-corrected chi connectivity index (χ3v) is 3.21. The third-order valence-electron chi connectivity index (χ3n) is 2.94. The van der Waals surface area contributed by atoms with Crippen LogP contribution in [0.4, 0.5) is 8.78 Å². The summed E-state index contributed by atoms with van der Waals surface area (Å²) >= 11 is 4.92. The quantitative estimate of drug-likeness (QED) is 0.256. The zero-order valence-electron chi connectivity index (χ0n) is 10.7. The van der Waals surface area contributed by atoms with Crippen molar-refractivity contribution in [3.05, 3.63) is 0 Å². The van der Waals surface area contributed by atoms with Crippen LogP contribution in [0, 0.1) is 0 Å². The largest absolute Gasteiger partial charge is 0.338 e. The molecule has 0 spiro atoms. The molecule has 0 aliphatic heterocycles. The van der Waals surface area contributed by atoms with Crippen LogP contribution in [0.5, 0.6) is 0 Å². The van der Waals surface area contributed by atoms with Gasteiger partial charge in [0.2, 0.25) is 0 Å². The maximum atomic E-state index is 12.7. The first-order valence-corrected chi connectivity index (χ1v) is 6.93. The van der Waals surface area contributed by atoms with Crippen LogP contribution in [0.15, 0.2) is 0 Å². The molecule has 0 saturated heterocycles. The second-order valence-corrected chi connectivity index (χ2v) is 5.03. The van der Waals surface area contributed by atoms with E-state index in [1.165, 1.54) is 32.1 Å². The van der Waals surface area contributed by atoms with Crippen molar-refractivity contribution in [2.75, 3.05) is 0 Å². The van der Waals surface area contributed by atoms with Gasteiger partial charge in [-0.2, -0.15) is 8.78 Å². The van der Waals surface area contributed by atoms with E-state index in [9.17, 15) is 8.78 Å². The van der Waals surface area contributed by atoms with Crippen molar-refractivity contribution in [3.63, 3.8) is 0 Å². The predicted molar refractivity (Wildman–Crippen MR) is 69.1 cm³/mol. The first-order valence-electron chi connectivity index (χ1n) is 6.55. The Labute approximate surface area is 108 Å². The molecule has 0 aromatic carbocycles. The highest BCUT2D eigenvalue weighted by Gasteiger charge is 2.35. The monoisotopic (exact) mass is 270 g/mol. The van der Waals surface area contributed by atoms with E-state index in [4.69, 9.17) is 17.4 Å². The summed E-state index contributed by atoms with van der Waals surface area (Å²) in [6, 6.07) is -1.12. The molecule has 1 unspecified atom stereocenters. The van der Waals surface area contributed by atoms with Gasteiger partial charge in [-0.3, -0.25) is 5.84 Å². The van der Waals surface area contributed by atoms with Crippen LogP contribution in [0.25, 0.3) is 0 Å². The lowest BCUT2D eigenvalue weighted by molar-refractivity contribution is 0.0456. The van der Waals surface area contributed by atoms with Crippen molar-refractivity contribution >= 4 is 11.6 Å². The normalized spacial score (nSPS) is 13.9. The third kappa shape index (κ3) is 9.74. The lowest BCUT2D eigenvalue weighted by Crippen LogP contribution is -2.45. The molecular formula is C12H25ClF2N2. The number of alkyl halides is 3. The molecule has 0 aliphatic carbocycles. The first-order chi connectivity index (χ1) is 8.02. The van der Waals surface area contributed by atoms with Crippen LogP contribution in [0.1, 0.15) is 64.7 Å². The van der Waals surface area contributed by atoms with E-state index in [-0.39, 0.29) is 0 Å². The van der Waals surface area contributed by atoms with Gasteiger partial charge >= 0.3 is 5.38 Å². The van der Waals surface area contributed by atoms with Gasteiger partial charge in [0.15, 0.2) is 0 Å². The van der Waals surface area contributed by atoms with E-state index in [0.29, 0.717) is 6.42 Å². The molecule has 3 N–H and O–H groups in total. The van der Waals surface area contributed by atoms with Crippen LogP contribution in [0.3, 0.4) is 0 Å². The fraction of sp³-hybridized carbons (Fsp3) is 1.00. The molecule has 104 valence electrons. The number of hydrazine groups is 1. The molecule has 0 radical (unpaired) electrons. The average Bonchev–Trinajstić information content (AvgIpc) is 2.25. The molecule has 2 nitrogen and oxygen atoms in total. The zero-order chi connectivity index (χ0) is 13.1. The Morgan fingerprint density at radius 2 is 1.53 bits per heavy atom. The minimum absolute atomic E-state index is 0.321. The molecule has 0 rings (SSSR count). The lowest BCUT2D eigenvalue weighted by Gasteiger charge is -2.20. The molecule has 0 aromatic heterocycles. The maximum Gasteiger partial charge on any atom is 0.338 e. The molecule has 5 heteroatoms. The number of hydrogen-bond acceptors (Lipinski definition) is 2. The Hall–Kier alpha value is 0.0700. The summed E-state index contributed by atoms with van der Waals surface area (Å²) in [7, 11) is 0. The second kappa shape index (κ2) is 10.0. The summed E-state index contributed by atoms with van der Waals surface area (Å²) < 4.78 is 25.4. The zero-order valence-corrected chi connectivity index (χ0v) is 11.4. The molecule has 0 aromatic rings. The molecule has 0 aliphatic rings. The Bertz CT molecular complexity index is 174. The van der Waals surface area contributed by atoms with Crippen molar-refractivity contribution in [2.45, 2.75) is 76.1 Å². The number of unbranched alkanes of at least 4 members (excludes halogenated alkanes) is 7. The van der Waals surface area contributed by atoms with Gasteiger partial charge in [-0.15, -0.1) is 0 Å². The number of rotatable bonds is 11. The summed E-state index contributed by atoms with van der Waals surface area (Å²) in [5.74, 6) is 5.04. The highest BCUT2D eigenvalue weighted by Crippen LogP contribution is 2.26. The van der Waals surface area contributed by atoms with Crippen molar-refractivity contribution in [1.29, 1.82) is 0 Å². The highest BCUT2D eigenvalue weighted by molar-refractivity contribution is 6.22. The smallest absolute Gasteiger partial charge is 0.271 e. The SMILES string of the molecule is CCCCCCCCCCC(NN)C(F)(F)Cl. The van der Waals surface area contributed by atoms with Gasteiger partial charge in [0.1, 0.15) is 0 Å². The van der Waals surface area contributed by atoms with Gasteiger partial charge in [0.25, 0.3) is 0 Å². The Morgan fingerprint density at radius 1 is 1.06 bits per heavy atom. The van der Waals surface area contributed by atoms with Crippen LogP contribution in [0.2, 0.25) is 0 Å². The highest BCUT2D eigenvalue weighted by atomic mass is 35.5. The number of hydrogen-bond donors (Lipinski definition) is 2. The van der Waals surface area contributed by atoms with Crippen LogP contribution >= 0.6 is 11.6 Å². The number of nitrogens with one attached hydrogen (secondary N) is 1. The van der Waals surface area contributed by atoms with Crippen LogP contribution in [-0.2, 0) is 0 Å². The minimum Gasteiger partial charge on any atom is -0.271 e. The fourth-order valence-electron chi connectivity index (χ4n) is 1.82. The summed E-state index contributed by atoms with van der Waals surface area (Å²) in [5.41, 5.74) is 2.08. The molecule has 0 saturated carbocycles.